The second-order valence-corrected chi connectivity index (χ2v) is 5.84. The molecule has 0 saturated carbocycles. The maximum absolute atomic E-state index is 11.7. The van der Waals surface area contributed by atoms with Crippen molar-refractivity contribution >= 4 is 28.4 Å². The van der Waals surface area contributed by atoms with Gasteiger partial charge in [-0.2, -0.15) is 5.10 Å². The number of aromatic nitrogens is 3. The van der Waals surface area contributed by atoms with Crippen LogP contribution in [0.2, 0.25) is 0 Å². The Morgan fingerprint density at radius 2 is 1.93 bits per heavy atom. The fourth-order valence-electron chi connectivity index (χ4n) is 2.87. The first-order valence-electron chi connectivity index (χ1n) is 8.24. The number of hydrogen-bond acceptors (Lipinski definition) is 5. The number of fused-ring (bicyclic) bond motifs is 1. The highest BCUT2D eigenvalue weighted by Gasteiger charge is 2.18. The molecule has 0 aliphatic rings. The summed E-state index contributed by atoms with van der Waals surface area (Å²) < 4.78 is 6.92. The van der Waals surface area contributed by atoms with Crippen molar-refractivity contribution in [2.75, 3.05) is 12.4 Å². The summed E-state index contributed by atoms with van der Waals surface area (Å²) in [6, 6.07) is 16.8. The number of rotatable bonds is 5. The molecule has 0 bridgehead atoms. The number of aromatic carboxylic acids is 1. The fraction of sp³-hybridized carbons (Fsp3) is 0.0500. The van der Waals surface area contributed by atoms with Gasteiger partial charge in [0.1, 0.15) is 11.3 Å². The Morgan fingerprint density at radius 3 is 2.67 bits per heavy atom. The molecule has 7 nitrogen and oxygen atoms in total. The van der Waals surface area contributed by atoms with Crippen LogP contribution in [0.5, 0.6) is 5.75 Å². The first-order valence-corrected chi connectivity index (χ1v) is 8.24. The molecule has 0 amide bonds. The number of carboxylic acid groups (broad SMARTS) is 1. The number of ether oxygens (including phenoxy) is 1. The van der Waals surface area contributed by atoms with Gasteiger partial charge >= 0.3 is 5.97 Å². The van der Waals surface area contributed by atoms with Gasteiger partial charge in [-0.15, -0.1) is 0 Å². The summed E-state index contributed by atoms with van der Waals surface area (Å²) in [4.78, 5) is 16.0. The van der Waals surface area contributed by atoms with Crippen LogP contribution in [0.1, 0.15) is 10.4 Å². The monoisotopic (exact) mass is 360 g/mol. The molecular formula is C20H16N4O3. The summed E-state index contributed by atoms with van der Waals surface area (Å²) in [5, 5.41) is 17.8. The molecule has 2 N–H and O–H groups in total. The van der Waals surface area contributed by atoms with E-state index in [-0.39, 0.29) is 5.56 Å². The lowest BCUT2D eigenvalue weighted by Crippen LogP contribution is -2.05. The van der Waals surface area contributed by atoms with Gasteiger partial charge in [-0.25, -0.2) is 14.5 Å². The van der Waals surface area contributed by atoms with Crippen LogP contribution < -0.4 is 10.1 Å². The molecule has 0 unspecified atom stereocenters. The van der Waals surface area contributed by atoms with E-state index in [2.05, 4.69) is 15.4 Å². The Hall–Kier alpha value is -3.87. The summed E-state index contributed by atoms with van der Waals surface area (Å²) >= 11 is 0. The van der Waals surface area contributed by atoms with Crippen molar-refractivity contribution in [1.29, 1.82) is 0 Å². The quantitative estimate of drug-likeness (QED) is 0.562. The standard InChI is InChI=1S/C20H16N4O3/c1-27-15-9-5-8-14(10-15)24-19-16(12-22-24)18(17(11-21-19)20(25)26)23-13-6-3-2-4-7-13/h2-12H,1H3,(H,21,23)(H,25,26). The number of methoxy groups -OCH3 is 1. The topological polar surface area (TPSA) is 89.3 Å². The number of carbonyl (C=O) groups is 1. The first kappa shape index (κ1) is 16.6. The van der Waals surface area contributed by atoms with E-state index in [0.29, 0.717) is 22.5 Å². The second-order valence-electron chi connectivity index (χ2n) is 5.84. The molecule has 0 spiro atoms. The van der Waals surface area contributed by atoms with Gasteiger partial charge in [-0.05, 0) is 24.3 Å². The number of pyridine rings is 1. The highest BCUT2D eigenvalue weighted by Crippen LogP contribution is 2.30. The van der Waals surface area contributed by atoms with Gasteiger partial charge in [0.15, 0.2) is 5.65 Å². The third kappa shape index (κ3) is 3.06. The van der Waals surface area contributed by atoms with Gasteiger partial charge < -0.3 is 15.2 Å². The Bertz CT molecular complexity index is 1120. The van der Waals surface area contributed by atoms with Crippen molar-refractivity contribution in [3.8, 4) is 11.4 Å². The summed E-state index contributed by atoms with van der Waals surface area (Å²) in [6.07, 6.45) is 2.95. The van der Waals surface area contributed by atoms with Gasteiger partial charge in [0.2, 0.25) is 0 Å². The molecule has 0 aliphatic heterocycles. The molecule has 0 saturated heterocycles. The molecule has 0 radical (unpaired) electrons. The number of carboxylic acids is 1. The minimum atomic E-state index is -1.06. The second kappa shape index (κ2) is 6.80. The van der Waals surface area contributed by atoms with E-state index < -0.39 is 5.97 Å². The molecule has 0 fully saturated rings. The van der Waals surface area contributed by atoms with Crippen molar-refractivity contribution in [3.05, 3.63) is 72.6 Å². The molecule has 4 aromatic rings. The van der Waals surface area contributed by atoms with E-state index in [4.69, 9.17) is 4.74 Å². The lowest BCUT2D eigenvalue weighted by atomic mass is 10.1. The summed E-state index contributed by atoms with van der Waals surface area (Å²) in [5.41, 5.74) is 2.63. The number of nitrogens with zero attached hydrogens (tertiary/aromatic N) is 3. The molecule has 0 aliphatic carbocycles. The minimum absolute atomic E-state index is 0.0801. The van der Waals surface area contributed by atoms with Crippen LogP contribution in [0.4, 0.5) is 11.4 Å². The van der Waals surface area contributed by atoms with Gasteiger partial charge in [-0.1, -0.05) is 24.3 Å². The lowest BCUT2D eigenvalue weighted by Gasteiger charge is -2.11. The van der Waals surface area contributed by atoms with E-state index in [1.165, 1.54) is 6.20 Å². The molecule has 7 heteroatoms. The van der Waals surface area contributed by atoms with Gasteiger partial charge in [0, 0.05) is 18.0 Å². The molecule has 2 heterocycles. The molecule has 0 atom stereocenters. The zero-order valence-electron chi connectivity index (χ0n) is 14.5. The Kier molecular flexibility index (Phi) is 4.18. The number of hydrogen-bond donors (Lipinski definition) is 2. The van der Waals surface area contributed by atoms with Crippen LogP contribution in [-0.4, -0.2) is 33.0 Å². The first-order chi connectivity index (χ1) is 13.2. The van der Waals surface area contributed by atoms with Crippen molar-refractivity contribution in [3.63, 3.8) is 0 Å². The van der Waals surface area contributed by atoms with Crippen molar-refractivity contribution in [2.45, 2.75) is 0 Å². The van der Waals surface area contributed by atoms with E-state index in [0.717, 1.165) is 11.4 Å². The van der Waals surface area contributed by atoms with Crippen molar-refractivity contribution in [2.24, 2.45) is 0 Å². The smallest absolute Gasteiger partial charge is 0.339 e. The molecular weight excluding hydrogens is 344 g/mol. The van der Waals surface area contributed by atoms with Crippen LogP contribution in [0, 0.1) is 0 Å². The van der Waals surface area contributed by atoms with Crippen LogP contribution >= 0.6 is 0 Å². The van der Waals surface area contributed by atoms with Gasteiger partial charge in [-0.3, -0.25) is 0 Å². The normalized spacial score (nSPS) is 10.7. The van der Waals surface area contributed by atoms with E-state index in [1.807, 2.05) is 54.6 Å². The Morgan fingerprint density at radius 1 is 1.11 bits per heavy atom. The van der Waals surface area contributed by atoms with Crippen LogP contribution in [-0.2, 0) is 0 Å². The maximum Gasteiger partial charge on any atom is 0.339 e. The molecule has 2 aromatic heterocycles. The highest BCUT2D eigenvalue weighted by atomic mass is 16.5. The number of para-hydroxylation sites is 1. The fourth-order valence-corrected chi connectivity index (χ4v) is 2.87. The Labute approximate surface area is 154 Å². The zero-order chi connectivity index (χ0) is 18.8. The van der Waals surface area contributed by atoms with Crippen LogP contribution in [0.25, 0.3) is 16.7 Å². The van der Waals surface area contributed by atoms with E-state index >= 15 is 0 Å². The summed E-state index contributed by atoms with van der Waals surface area (Å²) in [7, 11) is 1.60. The molecule has 4 rings (SSSR count). The van der Waals surface area contributed by atoms with E-state index in [1.54, 1.807) is 18.0 Å². The van der Waals surface area contributed by atoms with Crippen LogP contribution in [0.15, 0.2) is 67.0 Å². The SMILES string of the molecule is COc1cccc(-n2ncc3c(Nc4ccccc4)c(C(=O)O)cnc32)c1. The average Bonchev–Trinajstić information content (AvgIpc) is 3.13. The molecule has 2 aromatic carbocycles. The van der Waals surface area contributed by atoms with E-state index in [9.17, 15) is 9.90 Å². The van der Waals surface area contributed by atoms with Crippen LogP contribution in [0.3, 0.4) is 0 Å². The maximum atomic E-state index is 11.7. The van der Waals surface area contributed by atoms with Gasteiger partial charge in [0.05, 0.1) is 30.1 Å². The molecule has 27 heavy (non-hydrogen) atoms. The average molecular weight is 360 g/mol. The minimum Gasteiger partial charge on any atom is -0.497 e. The summed E-state index contributed by atoms with van der Waals surface area (Å²) in [5.74, 6) is -0.363. The van der Waals surface area contributed by atoms with Crippen molar-refractivity contribution in [1.82, 2.24) is 14.8 Å². The largest absolute Gasteiger partial charge is 0.497 e. The zero-order valence-corrected chi connectivity index (χ0v) is 14.5. The third-order valence-corrected chi connectivity index (χ3v) is 4.17. The third-order valence-electron chi connectivity index (χ3n) is 4.17. The molecule has 134 valence electrons. The Balaban J connectivity index is 1.89. The summed E-state index contributed by atoms with van der Waals surface area (Å²) in [6.45, 7) is 0. The predicted molar refractivity (Wildman–Crippen MR) is 102 cm³/mol. The predicted octanol–water partition coefficient (Wildman–Crippen LogP) is 3.87. The number of benzene rings is 2. The van der Waals surface area contributed by atoms with Crippen molar-refractivity contribution < 1.29 is 14.6 Å². The lowest BCUT2D eigenvalue weighted by molar-refractivity contribution is 0.0697. The number of anilines is 2. The van der Waals surface area contributed by atoms with Gasteiger partial charge in [0.25, 0.3) is 0 Å². The highest BCUT2D eigenvalue weighted by molar-refractivity contribution is 6.04. The number of nitrogens with one attached hydrogen (secondary N) is 1.